The molecule has 9 heteroatoms. The summed E-state index contributed by atoms with van der Waals surface area (Å²) in [5.74, 6) is -2.13. The monoisotopic (exact) mass is 427 g/mol. The molecule has 142 valence electrons. The van der Waals surface area contributed by atoms with Gasteiger partial charge in [0.2, 0.25) is 0 Å². The minimum atomic E-state index is -1.44. The molecule has 0 radical (unpaired) electrons. The van der Waals surface area contributed by atoms with Crippen molar-refractivity contribution in [3.05, 3.63) is 27.9 Å². The number of carboxylic acids is 1. The number of halogens is 1. The smallest absolute Gasteiger partial charge is 0.322 e. The summed E-state index contributed by atoms with van der Waals surface area (Å²) >= 11 is 3.27. The zero-order chi connectivity index (χ0) is 19.6. The lowest BCUT2D eigenvalue weighted by Gasteiger charge is -2.37. The molecule has 1 aromatic heterocycles. The SMILES string of the molecule is CC(C)(C)CCN1c2ncc(Br)cc2C(O)=C(C(=O)NCC(=O)O)C1O. The summed E-state index contributed by atoms with van der Waals surface area (Å²) in [6.07, 6.45) is 0.803. The van der Waals surface area contributed by atoms with Crippen LogP contribution in [0.1, 0.15) is 32.8 Å². The van der Waals surface area contributed by atoms with Gasteiger partial charge in [-0.25, -0.2) is 4.98 Å². The van der Waals surface area contributed by atoms with Crippen LogP contribution in [0.15, 0.2) is 22.3 Å². The number of rotatable bonds is 5. The van der Waals surface area contributed by atoms with E-state index in [0.29, 0.717) is 28.8 Å². The Hall–Kier alpha value is -2.13. The van der Waals surface area contributed by atoms with E-state index < -0.39 is 30.4 Å². The van der Waals surface area contributed by atoms with Crippen LogP contribution >= 0.6 is 15.9 Å². The lowest BCUT2D eigenvalue weighted by Crippen LogP contribution is -2.47. The van der Waals surface area contributed by atoms with E-state index >= 15 is 0 Å². The molecule has 0 aliphatic carbocycles. The van der Waals surface area contributed by atoms with E-state index in [1.807, 2.05) is 20.8 Å². The first-order chi connectivity index (χ1) is 12.0. The maximum atomic E-state index is 12.4. The van der Waals surface area contributed by atoms with Crippen molar-refractivity contribution < 1.29 is 24.9 Å². The van der Waals surface area contributed by atoms with Crippen LogP contribution in [0.5, 0.6) is 0 Å². The Morgan fingerprint density at radius 3 is 2.62 bits per heavy atom. The van der Waals surface area contributed by atoms with E-state index in [4.69, 9.17) is 5.11 Å². The molecule has 4 N–H and O–H groups in total. The number of hydrogen-bond donors (Lipinski definition) is 4. The number of pyridine rings is 1. The summed E-state index contributed by atoms with van der Waals surface area (Å²) < 4.78 is 0.597. The number of fused-ring (bicyclic) bond motifs is 1. The Morgan fingerprint density at radius 1 is 1.38 bits per heavy atom. The third-order valence-corrected chi connectivity index (χ3v) is 4.35. The first-order valence-corrected chi connectivity index (χ1v) is 8.84. The van der Waals surface area contributed by atoms with Gasteiger partial charge in [-0.15, -0.1) is 0 Å². The fourth-order valence-electron chi connectivity index (χ4n) is 2.53. The highest BCUT2D eigenvalue weighted by Gasteiger charge is 2.37. The highest BCUT2D eigenvalue weighted by molar-refractivity contribution is 9.10. The number of anilines is 1. The molecule has 0 bridgehead atoms. The van der Waals surface area contributed by atoms with Crippen LogP contribution in [0, 0.1) is 5.41 Å². The summed E-state index contributed by atoms with van der Waals surface area (Å²) in [5.41, 5.74) is -0.0314. The van der Waals surface area contributed by atoms with E-state index in [1.165, 1.54) is 4.90 Å². The summed E-state index contributed by atoms with van der Waals surface area (Å²) in [4.78, 5) is 28.8. The number of aromatic nitrogens is 1. The van der Waals surface area contributed by atoms with Crippen LogP contribution < -0.4 is 10.2 Å². The number of hydrogen-bond acceptors (Lipinski definition) is 6. The topological polar surface area (TPSA) is 123 Å². The average molecular weight is 428 g/mol. The van der Waals surface area contributed by atoms with Gasteiger partial charge < -0.3 is 25.5 Å². The van der Waals surface area contributed by atoms with Gasteiger partial charge in [-0.1, -0.05) is 20.8 Å². The molecule has 1 amide bonds. The summed E-state index contributed by atoms with van der Waals surface area (Å²) in [6.45, 7) is 5.93. The number of nitrogens with one attached hydrogen (secondary N) is 1. The Labute approximate surface area is 159 Å². The standard InChI is InChI=1S/C17H22BrN3O5/c1-17(2,3)4-5-21-14-10(6-9(18)7-19-14)13(24)12(16(21)26)15(25)20-8-11(22)23/h6-7,16,24,26H,4-5,8H2,1-3H3,(H,20,25)(H,22,23). The lowest BCUT2D eigenvalue weighted by molar-refractivity contribution is -0.137. The third-order valence-electron chi connectivity index (χ3n) is 3.92. The number of amides is 1. The van der Waals surface area contributed by atoms with E-state index in [0.717, 1.165) is 0 Å². The molecule has 0 spiro atoms. The minimum absolute atomic E-state index is 0.0236. The molecule has 0 fully saturated rings. The molecule has 0 aromatic carbocycles. The van der Waals surface area contributed by atoms with Crippen LogP contribution in [0.3, 0.4) is 0 Å². The van der Waals surface area contributed by atoms with Crippen LogP contribution in [0.25, 0.3) is 5.76 Å². The van der Waals surface area contributed by atoms with Gasteiger partial charge in [0.25, 0.3) is 5.91 Å². The van der Waals surface area contributed by atoms with Crippen molar-refractivity contribution in [1.29, 1.82) is 0 Å². The predicted molar refractivity (Wildman–Crippen MR) is 99.6 cm³/mol. The first-order valence-electron chi connectivity index (χ1n) is 8.05. The molecular weight excluding hydrogens is 406 g/mol. The largest absolute Gasteiger partial charge is 0.507 e. The first kappa shape index (κ1) is 20.2. The van der Waals surface area contributed by atoms with Gasteiger partial charge in [0.15, 0.2) is 6.23 Å². The summed E-state index contributed by atoms with van der Waals surface area (Å²) in [7, 11) is 0. The minimum Gasteiger partial charge on any atom is -0.507 e. The number of nitrogens with zero attached hydrogens (tertiary/aromatic N) is 2. The molecule has 0 saturated carbocycles. The fraction of sp³-hybridized carbons (Fsp3) is 0.471. The number of carboxylic acid groups (broad SMARTS) is 1. The number of aliphatic carboxylic acids is 1. The molecule has 2 rings (SSSR count). The van der Waals surface area contributed by atoms with E-state index in [-0.39, 0.29) is 11.0 Å². The predicted octanol–water partition coefficient (Wildman–Crippen LogP) is 1.89. The molecule has 2 heterocycles. The molecule has 1 aliphatic rings. The fourth-order valence-corrected chi connectivity index (χ4v) is 2.87. The maximum Gasteiger partial charge on any atom is 0.322 e. The second kappa shape index (κ2) is 7.63. The van der Waals surface area contributed by atoms with E-state index in [9.17, 15) is 19.8 Å². The van der Waals surface area contributed by atoms with Crippen molar-refractivity contribution >= 4 is 39.4 Å². The van der Waals surface area contributed by atoms with Gasteiger partial charge in [-0.3, -0.25) is 9.59 Å². The molecule has 1 atom stereocenters. The van der Waals surface area contributed by atoms with Crippen LogP contribution in [-0.2, 0) is 9.59 Å². The average Bonchev–Trinajstić information content (AvgIpc) is 2.52. The Kier molecular flexibility index (Phi) is 5.92. The second-order valence-electron chi connectivity index (χ2n) is 7.24. The number of carbonyl (C=O) groups is 2. The van der Waals surface area contributed by atoms with Crippen LogP contribution in [-0.4, -0.2) is 51.5 Å². The van der Waals surface area contributed by atoms with Crippen LogP contribution in [0.2, 0.25) is 0 Å². The molecule has 8 nitrogen and oxygen atoms in total. The highest BCUT2D eigenvalue weighted by atomic mass is 79.9. The van der Waals surface area contributed by atoms with Crippen molar-refractivity contribution in [1.82, 2.24) is 10.3 Å². The number of aliphatic hydroxyl groups excluding tert-OH is 2. The van der Waals surface area contributed by atoms with Gasteiger partial charge in [0, 0.05) is 17.2 Å². The van der Waals surface area contributed by atoms with Gasteiger partial charge in [-0.05, 0) is 33.8 Å². The lowest BCUT2D eigenvalue weighted by atomic mass is 9.91. The van der Waals surface area contributed by atoms with Crippen LogP contribution in [0.4, 0.5) is 5.82 Å². The van der Waals surface area contributed by atoms with Gasteiger partial charge in [-0.2, -0.15) is 0 Å². The van der Waals surface area contributed by atoms with Crippen molar-refractivity contribution in [2.75, 3.05) is 18.0 Å². The zero-order valence-corrected chi connectivity index (χ0v) is 16.4. The number of carbonyl (C=O) groups excluding carboxylic acids is 1. The third kappa shape index (κ3) is 4.53. The van der Waals surface area contributed by atoms with Crippen molar-refractivity contribution in [3.63, 3.8) is 0 Å². The molecule has 1 unspecified atom stereocenters. The van der Waals surface area contributed by atoms with Crippen molar-refractivity contribution in [2.24, 2.45) is 5.41 Å². The summed E-state index contributed by atoms with van der Waals surface area (Å²) in [6, 6.07) is 1.60. The molecule has 0 saturated heterocycles. The normalized spacial score (nSPS) is 17.1. The Balaban J connectivity index is 2.45. The molecule has 1 aromatic rings. The van der Waals surface area contributed by atoms with Gasteiger partial charge >= 0.3 is 5.97 Å². The van der Waals surface area contributed by atoms with Gasteiger partial charge in [0.1, 0.15) is 23.7 Å². The Bertz CT molecular complexity index is 757. The van der Waals surface area contributed by atoms with Crippen molar-refractivity contribution in [3.8, 4) is 0 Å². The quantitative estimate of drug-likeness (QED) is 0.565. The molecule has 1 aliphatic heterocycles. The zero-order valence-electron chi connectivity index (χ0n) is 14.8. The second-order valence-corrected chi connectivity index (χ2v) is 8.16. The maximum absolute atomic E-state index is 12.4. The summed E-state index contributed by atoms with van der Waals surface area (Å²) in [5, 5.41) is 32.1. The highest BCUT2D eigenvalue weighted by Crippen LogP contribution is 2.37. The Morgan fingerprint density at radius 2 is 2.04 bits per heavy atom. The molecule has 26 heavy (non-hydrogen) atoms. The number of aliphatic hydroxyl groups is 2. The molecular formula is C17H22BrN3O5. The van der Waals surface area contributed by atoms with Gasteiger partial charge in [0.05, 0.1) is 5.56 Å². The van der Waals surface area contributed by atoms with Crippen molar-refractivity contribution in [2.45, 2.75) is 33.4 Å². The van der Waals surface area contributed by atoms with E-state index in [2.05, 4.69) is 26.2 Å². The van der Waals surface area contributed by atoms with E-state index in [1.54, 1.807) is 12.3 Å².